The first-order chi connectivity index (χ1) is 14.9. The van der Waals surface area contributed by atoms with E-state index in [-0.39, 0.29) is 6.61 Å². The molecule has 0 aromatic heterocycles. The van der Waals surface area contributed by atoms with E-state index in [4.69, 9.17) is 9.47 Å². The monoisotopic (exact) mass is 480 g/mol. The van der Waals surface area contributed by atoms with Crippen molar-refractivity contribution in [1.82, 2.24) is 5.43 Å². The Labute approximate surface area is 189 Å². The second-order valence-electron chi connectivity index (χ2n) is 6.78. The zero-order valence-electron chi connectivity index (χ0n) is 17.1. The zero-order chi connectivity index (χ0) is 22.2. The molecule has 0 radical (unpaired) electrons. The van der Waals surface area contributed by atoms with Crippen LogP contribution >= 0.6 is 15.9 Å². The average Bonchev–Trinajstić information content (AvgIpc) is 2.75. The van der Waals surface area contributed by atoms with Gasteiger partial charge in [0, 0.05) is 10.0 Å². The largest absolute Gasteiger partial charge is 0.484 e. The Morgan fingerprint density at radius 3 is 2.52 bits per heavy atom. The number of halogens is 1. The summed E-state index contributed by atoms with van der Waals surface area (Å²) >= 11 is 3.39. The lowest BCUT2D eigenvalue weighted by molar-refractivity contribution is -0.123. The second kappa shape index (κ2) is 10.5. The maximum atomic E-state index is 12.5. The Morgan fingerprint density at radius 2 is 1.77 bits per heavy atom. The summed E-state index contributed by atoms with van der Waals surface area (Å²) in [4.78, 5) is 24.5. The van der Waals surface area contributed by atoms with E-state index in [2.05, 4.69) is 26.5 Å². The molecule has 6 nitrogen and oxygen atoms in total. The van der Waals surface area contributed by atoms with Gasteiger partial charge >= 0.3 is 5.97 Å². The molecule has 0 saturated carbocycles. The minimum absolute atomic E-state index is 0.173. The van der Waals surface area contributed by atoms with Crippen LogP contribution in [-0.2, 0) is 4.79 Å². The summed E-state index contributed by atoms with van der Waals surface area (Å²) in [6, 6.07) is 19.7. The van der Waals surface area contributed by atoms with Crippen LogP contribution in [0.4, 0.5) is 0 Å². The van der Waals surface area contributed by atoms with Gasteiger partial charge in [0.05, 0.1) is 11.8 Å². The first-order valence-corrected chi connectivity index (χ1v) is 10.3. The standard InChI is InChI=1S/C24H21BrN2O4/c1-16-7-10-20(11-8-16)30-15-23(28)27-26-14-18-13-19(25)9-12-22(18)31-24(29)21-6-4-3-5-17(21)2/h3-14H,15H2,1-2H3,(H,27,28). The van der Waals surface area contributed by atoms with Crippen LogP contribution in [0.3, 0.4) is 0 Å². The number of esters is 1. The number of amides is 1. The number of hydrazone groups is 1. The lowest BCUT2D eigenvalue weighted by Crippen LogP contribution is -2.24. The fraction of sp³-hybridized carbons (Fsp3) is 0.125. The van der Waals surface area contributed by atoms with Gasteiger partial charge in [0.15, 0.2) is 6.61 Å². The van der Waals surface area contributed by atoms with Crippen molar-refractivity contribution in [3.05, 3.63) is 93.5 Å². The molecule has 0 fully saturated rings. The van der Waals surface area contributed by atoms with Gasteiger partial charge in [-0.1, -0.05) is 51.8 Å². The van der Waals surface area contributed by atoms with E-state index in [0.29, 0.717) is 22.6 Å². The van der Waals surface area contributed by atoms with Crippen molar-refractivity contribution in [3.8, 4) is 11.5 Å². The van der Waals surface area contributed by atoms with Crippen molar-refractivity contribution < 1.29 is 19.1 Å². The molecule has 0 spiro atoms. The normalized spacial score (nSPS) is 10.7. The quantitative estimate of drug-likeness (QED) is 0.227. The Balaban J connectivity index is 1.62. The molecule has 0 aliphatic heterocycles. The van der Waals surface area contributed by atoms with Gasteiger partial charge in [0.25, 0.3) is 5.91 Å². The summed E-state index contributed by atoms with van der Waals surface area (Å²) in [5.41, 5.74) is 5.33. The minimum Gasteiger partial charge on any atom is -0.484 e. The van der Waals surface area contributed by atoms with E-state index in [0.717, 1.165) is 15.6 Å². The van der Waals surface area contributed by atoms with Crippen molar-refractivity contribution in [3.63, 3.8) is 0 Å². The molecule has 3 rings (SSSR count). The summed E-state index contributed by atoms with van der Waals surface area (Å²) in [6.07, 6.45) is 1.41. The number of nitrogens with one attached hydrogen (secondary N) is 1. The summed E-state index contributed by atoms with van der Waals surface area (Å²) in [5.74, 6) is 0.0448. The van der Waals surface area contributed by atoms with Gasteiger partial charge in [0.1, 0.15) is 11.5 Å². The lowest BCUT2D eigenvalue weighted by atomic mass is 10.1. The van der Waals surface area contributed by atoms with Crippen LogP contribution in [0.25, 0.3) is 0 Å². The average molecular weight is 481 g/mol. The highest BCUT2D eigenvalue weighted by atomic mass is 79.9. The van der Waals surface area contributed by atoms with E-state index in [1.807, 2.05) is 38.1 Å². The molecular weight excluding hydrogens is 460 g/mol. The second-order valence-corrected chi connectivity index (χ2v) is 7.70. The number of nitrogens with zero attached hydrogens (tertiary/aromatic N) is 1. The van der Waals surface area contributed by atoms with Crippen LogP contribution < -0.4 is 14.9 Å². The number of benzene rings is 3. The molecule has 1 amide bonds. The Hall–Kier alpha value is -3.45. The molecule has 0 atom stereocenters. The summed E-state index contributed by atoms with van der Waals surface area (Å²) < 4.78 is 11.7. The molecule has 3 aromatic carbocycles. The van der Waals surface area contributed by atoms with E-state index in [1.165, 1.54) is 6.21 Å². The van der Waals surface area contributed by atoms with Gasteiger partial charge in [-0.3, -0.25) is 4.79 Å². The number of hydrogen-bond donors (Lipinski definition) is 1. The Kier molecular flexibility index (Phi) is 7.56. The number of carbonyl (C=O) groups excluding carboxylic acids is 2. The smallest absolute Gasteiger partial charge is 0.343 e. The predicted octanol–water partition coefficient (Wildman–Crippen LogP) is 4.81. The maximum Gasteiger partial charge on any atom is 0.343 e. The number of hydrogen-bond acceptors (Lipinski definition) is 5. The van der Waals surface area contributed by atoms with Gasteiger partial charge in [0.2, 0.25) is 0 Å². The third kappa shape index (κ3) is 6.52. The lowest BCUT2D eigenvalue weighted by Gasteiger charge is -2.09. The number of rotatable bonds is 7. The molecule has 0 saturated heterocycles. The Morgan fingerprint density at radius 1 is 1.03 bits per heavy atom. The third-order valence-electron chi connectivity index (χ3n) is 4.32. The highest BCUT2D eigenvalue weighted by Gasteiger charge is 2.13. The van der Waals surface area contributed by atoms with Gasteiger partial charge in [-0.05, 0) is 55.8 Å². The van der Waals surface area contributed by atoms with Gasteiger partial charge in [-0.15, -0.1) is 0 Å². The third-order valence-corrected chi connectivity index (χ3v) is 4.82. The molecule has 31 heavy (non-hydrogen) atoms. The number of aryl methyl sites for hydroxylation is 2. The molecule has 0 heterocycles. The summed E-state index contributed by atoms with van der Waals surface area (Å²) in [5, 5.41) is 3.95. The van der Waals surface area contributed by atoms with E-state index in [9.17, 15) is 9.59 Å². The summed E-state index contributed by atoms with van der Waals surface area (Å²) in [7, 11) is 0. The SMILES string of the molecule is Cc1ccc(OCC(=O)NN=Cc2cc(Br)ccc2OC(=O)c2ccccc2C)cc1. The van der Waals surface area contributed by atoms with Crippen molar-refractivity contribution >= 4 is 34.0 Å². The van der Waals surface area contributed by atoms with Crippen LogP contribution in [-0.4, -0.2) is 24.7 Å². The van der Waals surface area contributed by atoms with E-state index in [1.54, 1.807) is 42.5 Å². The molecule has 7 heteroatoms. The predicted molar refractivity (Wildman–Crippen MR) is 123 cm³/mol. The van der Waals surface area contributed by atoms with Crippen LogP contribution in [0.5, 0.6) is 11.5 Å². The van der Waals surface area contributed by atoms with Crippen LogP contribution in [0.1, 0.15) is 27.0 Å². The fourth-order valence-corrected chi connectivity index (χ4v) is 3.04. The molecule has 1 N–H and O–H groups in total. The highest BCUT2D eigenvalue weighted by molar-refractivity contribution is 9.10. The van der Waals surface area contributed by atoms with Crippen LogP contribution in [0.2, 0.25) is 0 Å². The molecule has 0 aliphatic rings. The Bertz CT molecular complexity index is 1110. The zero-order valence-corrected chi connectivity index (χ0v) is 18.7. The van der Waals surface area contributed by atoms with Gasteiger partial charge < -0.3 is 9.47 Å². The van der Waals surface area contributed by atoms with Crippen molar-refractivity contribution in [2.75, 3.05) is 6.61 Å². The first-order valence-electron chi connectivity index (χ1n) is 9.51. The van der Waals surface area contributed by atoms with Crippen molar-refractivity contribution in [2.45, 2.75) is 13.8 Å². The molecule has 158 valence electrons. The topological polar surface area (TPSA) is 77.0 Å². The van der Waals surface area contributed by atoms with E-state index < -0.39 is 11.9 Å². The van der Waals surface area contributed by atoms with E-state index >= 15 is 0 Å². The molecular formula is C24H21BrN2O4. The minimum atomic E-state index is -0.467. The number of carbonyl (C=O) groups is 2. The fourth-order valence-electron chi connectivity index (χ4n) is 2.66. The highest BCUT2D eigenvalue weighted by Crippen LogP contribution is 2.23. The van der Waals surface area contributed by atoms with Crippen LogP contribution in [0, 0.1) is 13.8 Å². The molecule has 3 aromatic rings. The number of ether oxygens (including phenoxy) is 2. The van der Waals surface area contributed by atoms with Crippen molar-refractivity contribution in [2.24, 2.45) is 5.10 Å². The van der Waals surface area contributed by atoms with Gasteiger partial charge in [-0.2, -0.15) is 5.10 Å². The first kappa shape index (κ1) is 22.2. The van der Waals surface area contributed by atoms with Crippen LogP contribution in [0.15, 0.2) is 76.3 Å². The van der Waals surface area contributed by atoms with Crippen molar-refractivity contribution in [1.29, 1.82) is 0 Å². The molecule has 0 unspecified atom stereocenters. The maximum absolute atomic E-state index is 12.5. The summed E-state index contributed by atoms with van der Waals surface area (Å²) in [6.45, 7) is 3.64. The molecule has 0 aliphatic carbocycles. The molecule has 0 bridgehead atoms. The van der Waals surface area contributed by atoms with Gasteiger partial charge in [-0.25, -0.2) is 10.2 Å².